The number of aliphatic imine (C=N–C) groups is 1. The summed E-state index contributed by atoms with van der Waals surface area (Å²) in [5.41, 5.74) is 2.08. The van der Waals surface area contributed by atoms with E-state index in [1.54, 1.807) is 6.08 Å². The third-order valence-corrected chi connectivity index (χ3v) is 5.40. The molecule has 1 saturated heterocycles. The maximum atomic E-state index is 12.2. The molecule has 0 spiro atoms. The number of hydrogen-bond acceptors (Lipinski definition) is 4. The number of furan rings is 1. The molecule has 27 heavy (non-hydrogen) atoms. The Morgan fingerprint density at radius 1 is 1.04 bits per heavy atom. The molecule has 1 aliphatic heterocycles. The van der Waals surface area contributed by atoms with Crippen molar-refractivity contribution in [2.24, 2.45) is 4.99 Å². The minimum atomic E-state index is -0.159. The number of halogens is 1. The Bertz CT molecular complexity index is 1020. The Labute approximate surface area is 169 Å². The van der Waals surface area contributed by atoms with Crippen molar-refractivity contribution >= 4 is 44.8 Å². The fourth-order valence-corrected chi connectivity index (χ4v) is 3.64. The zero-order valence-corrected chi connectivity index (χ0v) is 16.6. The van der Waals surface area contributed by atoms with E-state index in [0.29, 0.717) is 22.4 Å². The summed E-state index contributed by atoms with van der Waals surface area (Å²) in [7, 11) is 0. The highest BCUT2D eigenvalue weighted by Gasteiger charge is 2.24. The molecule has 1 aromatic heterocycles. The molecule has 134 valence electrons. The van der Waals surface area contributed by atoms with Crippen molar-refractivity contribution in [3.8, 4) is 11.3 Å². The van der Waals surface area contributed by atoms with Gasteiger partial charge < -0.3 is 9.73 Å². The normalized spacial score (nSPS) is 16.9. The number of thioether (sulfide) groups is 1. The van der Waals surface area contributed by atoms with Crippen molar-refractivity contribution in [1.82, 2.24) is 5.32 Å². The minimum Gasteiger partial charge on any atom is -0.457 e. The first-order valence-electron chi connectivity index (χ1n) is 8.32. The second-order valence-corrected chi connectivity index (χ2v) is 7.83. The fourth-order valence-electron chi connectivity index (χ4n) is 2.58. The highest BCUT2D eigenvalue weighted by molar-refractivity contribution is 9.10. The third-order valence-electron chi connectivity index (χ3n) is 3.93. The maximum Gasteiger partial charge on any atom is 0.264 e. The molecule has 0 unspecified atom stereocenters. The average Bonchev–Trinajstić information content (AvgIpc) is 3.29. The summed E-state index contributed by atoms with van der Waals surface area (Å²) in [5, 5.41) is 3.40. The van der Waals surface area contributed by atoms with E-state index in [2.05, 4.69) is 26.2 Å². The zero-order chi connectivity index (χ0) is 18.6. The number of nitrogens with one attached hydrogen (secondary N) is 1. The van der Waals surface area contributed by atoms with Crippen LogP contribution in [0.2, 0.25) is 0 Å². The quantitative estimate of drug-likeness (QED) is 0.549. The summed E-state index contributed by atoms with van der Waals surface area (Å²) >= 11 is 4.75. The Hall–Kier alpha value is -2.57. The van der Waals surface area contributed by atoms with E-state index < -0.39 is 0 Å². The predicted molar refractivity (Wildman–Crippen MR) is 113 cm³/mol. The van der Waals surface area contributed by atoms with Gasteiger partial charge in [-0.2, -0.15) is 0 Å². The van der Waals surface area contributed by atoms with Gasteiger partial charge in [0.15, 0.2) is 5.17 Å². The highest BCUT2D eigenvalue weighted by Crippen LogP contribution is 2.29. The number of carbonyl (C=O) groups excluding carboxylic acids is 1. The van der Waals surface area contributed by atoms with Gasteiger partial charge in [0.2, 0.25) is 0 Å². The lowest BCUT2D eigenvalue weighted by Gasteiger charge is -1.97. The lowest BCUT2D eigenvalue weighted by molar-refractivity contribution is -0.115. The number of rotatable bonds is 4. The minimum absolute atomic E-state index is 0.159. The van der Waals surface area contributed by atoms with Crippen molar-refractivity contribution in [2.75, 3.05) is 0 Å². The first kappa shape index (κ1) is 17.8. The van der Waals surface area contributed by atoms with Crippen molar-refractivity contribution in [2.45, 2.75) is 6.54 Å². The maximum absolute atomic E-state index is 12.2. The fraction of sp³-hybridized carbons (Fsp3) is 0.0476. The topological polar surface area (TPSA) is 54.6 Å². The number of hydrogen-bond donors (Lipinski definition) is 1. The molecule has 0 aliphatic carbocycles. The Morgan fingerprint density at radius 2 is 1.81 bits per heavy atom. The van der Waals surface area contributed by atoms with Crippen LogP contribution in [-0.4, -0.2) is 11.1 Å². The van der Waals surface area contributed by atoms with Crippen LogP contribution in [0.3, 0.4) is 0 Å². The van der Waals surface area contributed by atoms with Crippen molar-refractivity contribution < 1.29 is 9.21 Å². The number of benzene rings is 2. The SMILES string of the molecule is O=C1NC(=NCc2ccccc2)SC1=Cc1ccc(-c2ccc(Br)cc2)o1. The molecule has 4 nitrogen and oxygen atoms in total. The van der Waals surface area contributed by atoms with Gasteiger partial charge in [-0.05, 0) is 41.6 Å². The van der Waals surface area contributed by atoms with Gasteiger partial charge in [-0.1, -0.05) is 58.4 Å². The molecule has 4 rings (SSSR count). The van der Waals surface area contributed by atoms with Crippen LogP contribution in [0.5, 0.6) is 0 Å². The standard InChI is InChI=1S/C21H15BrN2O2S/c22-16-8-6-15(7-9-16)18-11-10-17(26-18)12-19-20(25)24-21(27-19)23-13-14-4-2-1-3-5-14/h1-12H,13H2,(H,23,24,25). The molecule has 1 fully saturated rings. The highest BCUT2D eigenvalue weighted by atomic mass is 79.9. The summed E-state index contributed by atoms with van der Waals surface area (Å²) in [6.07, 6.45) is 1.74. The van der Waals surface area contributed by atoms with Gasteiger partial charge in [-0.15, -0.1) is 0 Å². The van der Waals surface area contributed by atoms with Crippen LogP contribution in [-0.2, 0) is 11.3 Å². The van der Waals surface area contributed by atoms with E-state index in [1.165, 1.54) is 11.8 Å². The van der Waals surface area contributed by atoms with E-state index >= 15 is 0 Å². The van der Waals surface area contributed by atoms with E-state index in [-0.39, 0.29) is 5.91 Å². The van der Waals surface area contributed by atoms with Crippen molar-refractivity contribution in [1.29, 1.82) is 0 Å². The summed E-state index contributed by atoms with van der Waals surface area (Å²) in [6.45, 7) is 0.533. The molecular formula is C21H15BrN2O2S. The smallest absolute Gasteiger partial charge is 0.264 e. The molecule has 0 saturated carbocycles. The molecule has 1 N–H and O–H groups in total. The van der Waals surface area contributed by atoms with Gasteiger partial charge in [0.05, 0.1) is 11.4 Å². The van der Waals surface area contributed by atoms with Crippen molar-refractivity contribution in [3.63, 3.8) is 0 Å². The van der Waals surface area contributed by atoms with Gasteiger partial charge in [0, 0.05) is 16.1 Å². The molecule has 2 heterocycles. The van der Waals surface area contributed by atoms with Gasteiger partial charge in [0.25, 0.3) is 5.91 Å². The molecule has 0 bridgehead atoms. The summed E-state index contributed by atoms with van der Waals surface area (Å²) in [6, 6.07) is 21.6. The summed E-state index contributed by atoms with van der Waals surface area (Å²) in [4.78, 5) is 17.2. The first-order chi connectivity index (χ1) is 13.2. The predicted octanol–water partition coefficient (Wildman–Crippen LogP) is 5.47. The molecule has 2 aromatic carbocycles. The van der Waals surface area contributed by atoms with Crippen LogP contribution in [0.15, 0.2) is 85.5 Å². The van der Waals surface area contributed by atoms with Gasteiger partial charge in [0.1, 0.15) is 11.5 Å². The lowest BCUT2D eigenvalue weighted by atomic mass is 10.2. The second-order valence-electron chi connectivity index (χ2n) is 5.88. The molecule has 1 aliphatic rings. The van der Waals surface area contributed by atoms with Crippen molar-refractivity contribution in [3.05, 3.63) is 87.4 Å². The summed E-state index contributed by atoms with van der Waals surface area (Å²) in [5.74, 6) is 1.24. The monoisotopic (exact) mass is 438 g/mol. The Kier molecular flexibility index (Phi) is 5.27. The molecule has 6 heteroatoms. The Balaban J connectivity index is 1.48. The molecular weight excluding hydrogens is 424 g/mol. The van der Waals surface area contributed by atoms with Crippen LogP contribution in [0, 0.1) is 0 Å². The van der Waals surface area contributed by atoms with Crippen LogP contribution in [0.1, 0.15) is 11.3 Å². The van der Waals surface area contributed by atoms with E-state index in [1.807, 2.05) is 66.7 Å². The molecule has 1 amide bonds. The van der Waals surface area contributed by atoms with E-state index in [0.717, 1.165) is 21.4 Å². The zero-order valence-electron chi connectivity index (χ0n) is 14.2. The van der Waals surface area contributed by atoms with E-state index in [9.17, 15) is 4.79 Å². The van der Waals surface area contributed by atoms with Gasteiger partial charge in [-0.3, -0.25) is 9.79 Å². The second kappa shape index (κ2) is 7.98. The Morgan fingerprint density at radius 3 is 2.59 bits per heavy atom. The van der Waals surface area contributed by atoms with Gasteiger partial charge >= 0.3 is 0 Å². The van der Waals surface area contributed by atoms with Crippen LogP contribution in [0.4, 0.5) is 0 Å². The first-order valence-corrected chi connectivity index (χ1v) is 9.93. The van der Waals surface area contributed by atoms with Crippen LogP contribution < -0.4 is 5.32 Å². The van der Waals surface area contributed by atoms with E-state index in [4.69, 9.17) is 4.42 Å². The lowest BCUT2D eigenvalue weighted by Crippen LogP contribution is -2.19. The molecule has 0 atom stereocenters. The largest absolute Gasteiger partial charge is 0.457 e. The van der Waals surface area contributed by atoms with Gasteiger partial charge in [-0.25, -0.2) is 0 Å². The number of amides is 1. The average molecular weight is 439 g/mol. The third kappa shape index (κ3) is 4.40. The number of amidine groups is 1. The summed E-state index contributed by atoms with van der Waals surface area (Å²) < 4.78 is 6.87. The number of nitrogens with zero attached hydrogens (tertiary/aromatic N) is 1. The van der Waals surface area contributed by atoms with Crippen LogP contribution >= 0.6 is 27.7 Å². The number of carbonyl (C=O) groups is 1. The van der Waals surface area contributed by atoms with Crippen LogP contribution in [0.25, 0.3) is 17.4 Å². The molecule has 3 aromatic rings. The molecule has 0 radical (unpaired) electrons.